The molecule has 1 aromatic heterocycles. The highest BCUT2D eigenvalue weighted by Crippen LogP contribution is 2.12. The van der Waals surface area contributed by atoms with Crippen molar-refractivity contribution in [2.75, 3.05) is 6.54 Å². The molecule has 1 heterocycles. The van der Waals surface area contributed by atoms with Crippen molar-refractivity contribution >= 4 is 29.5 Å². The minimum absolute atomic E-state index is 0.122. The molecule has 2 aromatic carbocycles. The van der Waals surface area contributed by atoms with Crippen molar-refractivity contribution in [1.82, 2.24) is 10.6 Å². The Morgan fingerprint density at radius 1 is 0.964 bits per heavy atom. The molecular weight excluding hydrogens is 376 g/mol. The summed E-state index contributed by atoms with van der Waals surface area (Å²) in [6.07, 6.45) is 3.68. The molecule has 0 saturated heterocycles. The van der Waals surface area contributed by atoms with Gasteiger partial charge in [0.2, 0.25) is 0 Å². The lowest BCUT2D eigenvalue weighted by molar-refractivity contribution is -0.117. The lowest BCUT2D eigenvalue weighted by Crippen LogP contribution is -2.35. The number of furan rings is 1. The zero-order valence-corrected chi connectivity index (χ0v) is 15.8. The van der Waals surface area contributed by atoms with Gasteiger partial charge < -0.3 is 15.1 Å². The Morgan fingerprint density at radius 3 is 2.39 bits per heavy atom. The maximum atomic E-state index is 12.7. The Balaban J connectivity index is 1.71. The van der Waals surface area contributed by atoms with Crippen molar-refractivity contribution in [2.24, 2.45) is 0 Å². The third-order valence-corrected chi connectivity index (χ3v) is 4.21. The van der Waals surface area contributed by atoms with Crippen LogP contribution in [-0.2, 0) is 11.2 Å². The van der Waals surface area contributed by atoms with Crippen LogP contribution in [-0.4, -0.2) is 18.4 Å². The summed E-state index contributed by atoms with van der Waals surface area (Å²) in [4.78, 5) is 25.0. The van der Waals surface area contributed by atoms with Crippen LogP contribution in [0.3, 0.4) is 0 Å². The number of amides is 2. The number of hydrogen-bond donors (Lipinski definition) is 2. The summed E-state index contributed by atoms with van der Waals surface area (Å²) in [6, 6.07) is 19.9. The Morgan fingerprint density at radius 2 is 1.71 bits per heavy atom. The highest BCUT2D eigenvalue weighted by atomic mass is 35.5. The maximum Gasteiger partial charge on any atom is 0.291 e. The summed E-state index contributed by atoms with van der Waals surface area (Å²) < 4.78 is 5.09. The van der Waals surface area contributed by atoms with Crippen LogP contribution in [0.25, 0.3) is 6.08 Å². The molecule has 3 rings (SSSR count). The smallest absolute Gasteiger partial charge is 0.291 e. The first-order chi connectivity index (χ1) is 13.6. The van der Waals surface area contributed by atoms with Crippen LogP contribution >= 0.6 is 11.6 Å². The van der Waals surface area contributed by atoms with Crippen LogP contribution in [0, 0.1) is 0 Å². The number of rotatable bonds is 7. The van der Waals surface area contributed by atoms with E-state index in [1.54, 1.807) is 36.4 Å². The second-order valence-corrected chi connectivity index (χ2v) is 6.47. The molecule has 0 saturated carbocycles. The molecule has 28 heavy (non-hydrogen) atoms. The van der Waals surface area contributed by atoms with Crippen LogP contribution in [0.4, 0.5) is 0 Å². The van der Waals surface area contributed by atoms with E-state index in [-0.39, 0.29) is 17.4 Å². The molecule has 0 aliphatic rings. The Bertz CT molecular complexity index is 949. The molecule has 2 N–H and O–H groups in total. The summed E-state index contributed by atoms with van der Waals surface area (Å²) in [7, 11) is 0. The van der Waals surface area contributed by atoms with Gasteiger partial charge in [0.15, 0.2) is 5.76 Å². The van der Waals surface area contributed by atoms with E-state index in [4.69, 9.17) is 16.0 Å². The second-order valence-electron chi connectivity index (χ2n) is 6.03. The number of carbonyl (C=O) groups excluding carboxylic acids is 2. The molecule has 0 unspecified atom stereocenters. The van der Waals surface area contributed by atoms with Crippen molar-refractivity contribution in [3.8, 4) is 0 Å². The molecule has 0 aliphatic carbocycles. The SMILES string of the molecule is O=C(NCCc1ccccc1)/C(=C/c1ccc(Cl)cc1)NC(=O)c1ccco1. The third kappa shape index (κ3) is 5.59. The molecular formula is C22H19ClN2O3. The van der Waals surface area contributed by atoms with E-state index in [0.29, 0.717) is 18.0 Å². The molecule has 2 amide bonds. The minimum atomic E-state index is -0.497. The number of carbonyl (C=O) groups is 2. The molecule has 0 fully saturated rings. The molecule has 0 spiro atoms. The Kier molecular flexibility index (Phi) is 6.65. The van der Waals surface area contributed by atoms with E-state index in [1.165, 1.54) is 12.3 Å². The molecule has 6 heteroatoms. The van der Waals surface area contributed by atoms with E-state index in [1.807, 2.05) is 30.3 Å². The number of hydrogen-bond acceptors (Lipinski definition) is 3. The van der Waals surface area contributed by atoms with E-state index in [0.717, 1.165) is 11.1 Å². The summed E-state index contributed by atoms with van der Waals surface area (Å²) in [5.41, 5.74) is 1.97. The van der Waals surface area contributed by atoms with Gasteiger partial charge in [-0.05, 0) is 47.9 Å². The van der Waals surface area contributed by atoms with Gasteiger partial charge in [-0.15, -0.1) is 0 Å². The molecule has 3 aromatic rings. The molecule has 0 bridgehead atoms. The number of halogens is 1. The van der Waals surface area contributed by atoms with E-state index in [9.17, 15) is 9.59 Å². The van der Waals surface area contributed by atoms with Gasteiger partial charge in [0.1, 0.15) is 5.70 Å². The van der Waals surface area contributed by atoms with Gasteiger partial charge in [0.05, 0.1) is 6.26 Å². The maximum absolute atomic E-state index is 12.7. The summed E-state index contributed by atoms with van der Waals surface area (Å²) in [5, 5.41) is 6.04. The zero-order valence-electron chi connectivity index (χ0n) is 15.0. The van der Waals surface area contributed by atoms with Gasteiger partial charge in [0, 0.05) is 11.6 Å². The quantitative estimate of drug-likeness (QED) is 0.593. The minimum Gasteiger partial charge on any atom is -0.459 e. The van der Waals surface area contributed by atoms with Crippen molar-refractivity contribution in [3.63, 3.8) is 0 Å². The van der Waals surface area contributed by atoms with Crippen molar-refractivity contribution < 1.29 is 14.0 Å². The van der Waals surface area contributed by atoms with Crippen molar-refractivity contribution in [2.45, 2.75) is 6.42 Å². The van der Waals surface area contributed by atoms with Gasteiger partial charge in [-0.25, -0.2) is 0 Å². The standard InChI is InChI=1S/C22H19ClN2O3/c23-18-10-8-17(9-11-18)15-19(25-22(27)20-7-4-14-28-20)21(26)24-13-12-16-5-2-1-3-6-16/h1-11,14-15H,12-13H2,(H,24,26)(H,25,27)/b19-15-. The first-order valence-corrected chi connectivity index (χ1v) is 9.14. The van der Waals surface area contributed by atoms with Crippen LogP contribution in [0.2, 0.25) is 5.02 Å². The van der Waals surface area contributed by atoms with Crippen LogP contribution in [0.5, 0.6) is 0 Å². The summed E-state index contributed by atoms with van der Waals surface area (Å²) in [6.45, 7) is 0.442. The molecule has 0 atom stereocenters. The zero-order chi connectivity index (χ0) is 19.8. The highest BCUT2D eigenvalue weighted by molar-refractivity contribution is 6.30. The topological polar surface area (TPSA) is 71.3 Å². The lowest BCUT2D eigenvalue weighted by atomic mass is 10.1. The summed E-state index contributed by atoms with van der Waals surface area (Å²) >= 11 is 5.91. The predicted octanol–water partition coefficient (Wildman–Crippen LogP) is 4.06. The monoisotopic (exact) mass is 394 g/mol. The molecule has 5 nitrogen and oxygen atoms in total. The fraction of sp³-hybridized carbons (Fsp3) is 0.0909. The van der Waals surface area contributed by atoms with Gasteiger partial charge >= 0.3 is 0 Å². The first kappa shape index (κ1) is 19.5. The van der Waals surface area contributed by atoms with Crippen LogP contribution < -0.4 is 10.6 Å². The van der Waals surface area contributed by atoms with Crippen molar-refractivity contribution in [1.29, 1.82) is 0 Å². The third-order valence-electron chi connectivity index (χ3n) is 3.96. The molecule has 0 aliphatic heterocycles. The fourth-order valence-corrected chi connectivity index (χ4v) is 2.66. The second kappa shape index (κ2) is 9.58. The number of nitrogens with one attached hydrogen (secondary N) is 2. The van der Waals surface area contributed by atoms with Crippen molar-refractivity contribution in [3.05, 3.63) is 101 Å². The molecule has 142 valence electrons. The lowest BCUT2D eigenvalue weighted by Gasteiger charge is -2.10. The Labute approximate surface area is 168 Å². The fourth-order valence-electron chi connectivity index (χ4n) is 2.54. The number of benzene rings is 2. The van der Waals surface area contributed by atoms with E-state index < -0.39 is 5.91 Å². The average Bonchev–Trinajstić information content (AvgIpc) is 3.25. The van der Waals surface area contributed by atoms with E-state index in [2.05, 4.69) is 10.6 Å². The first-order valence-electron chi connectivity index (χ1n) is 8.76. The van der Waals surface area contributed by atoms with E-state index >= 15 is 0 Å². The van der Waals surface area contributed by atoms with Gasteiger partial charge in [-0.1, -0.05) is 54.1 Å². The summed E-state index contributed by atoms with van der Waals surface area (Å²) in [5.74, 6) is -0.756. The predicted molar refractivity (Wildman–Crippen MR) is 109 cm³/mol. The van der Waals surface area contributed by atoms with Crippen LogP contribution in [0.15, 0.2) is 83.1 Å². The van der Waals surface area contributed by atoms with Gasteiger partial charge in [-0.2, -0.15) is 0 Å². The van der Waals surface area contributed by atoms with Gasteiger partial charge in [0.25, 0.3) is 11.8 Å². The van der Waals surface area contributed by atoms with Gasteiger partial charge in [-0.3, -0.25) is 9.59 Å². The Hall–Kier alpha value is -3.31. The molecule has 0 radical (unpaired) electrons. The largest absolute Gasteiger partial charge is 0.459 e. The normalized spacial score (nSPS) is 11.1. The van der Waals surface area contributed by atoms with Crippen LogP contribution in [0.1, 0.15) is 21.7 Å². The highest BCUT2D eigenvalue weighted by Gasteiger charge is 2.16. The average molecular weight is 395 g/mol.